The van der Waals surface area contributed by atoms with Crippen LogP contribution >= 0.6 is 15.9 Å². The molecule has 1 amide bonds. The molecule has 2 aromatic carbocycles. The molecule has 0 spiro atoms. The average molecular weight is 370 g/mol. The number of rotatable bonds is 3. The van der Waals surface area contributed by atoms with E-state index in [2.05, 4.69) is 21.2 Å². The Morgan fingerprint density at radius 2 is 1.71 bits per heavy atom. The smallest absolute Gasteiger partial charge is 0.255 e. The topological polar surface area (TPSA) is 115 Å². The van der Waals surface area contributed by atoms with Crippen LogP contribution in [0.25, 0.3) is 0 Å². The lowest BCUT2D eigenvalue weighted by atomic mass is 10.2. The molecular formula is C13H12BrN3O3S. The first-order chi connectivity index (χ1) is 9.77. The maximum atomic E-state index is 12.0. The number of hydrogen-bond acceptors (Lipinski definition) is 4. The van der Waals surface area contributed by atoms with Crippen LogP contribution in [-0.2, 0) is 10.0 Å². The molecule has 5 N–H and O–H groups in total. The number of anilines is 2. The molecule has 0 aliphatic carbocycles. The van der Waals surface area contributed by atoms with Crippen molar-refractivity contribution in [2.24, 2.45) is 5.14 Å². The van der Waals surface area contributed by atoms with E-state index < -0.39 is 10.0 Å². The monoisotopic (exact) mass is 369 g/mol. The molecule has 2 rings (SSSR count). The molecule has 8 heteroatoms. The van der Waals surface area contributed by atoms with Crippen LogP contribution in [0.4, 0.5) is 11.4 Å². The van der Waals surface area contributed by atoms with Crippen molar-refractivity contribution >= 4 is 43.2 Å². The number of nitrogen functional groups attached to an aromatic ring is 1. The van der Waals surface area contributed by atoms with Crippen molar-refractivity contribution in [2.45, 2.75) is 4.90 Å². The minimum Gasteiger partial charge on any atom is -0.398 e. The molecule has 0 radical (unpaired) electrons. The van der Waals surface area contributed by atoms with Crippen LogP contribution in [0.3, 0.4) is 0 Å². The highest BCUT2D eigenvalue weighted by Gasteiger charge is 2.10. The zero-order valence-corrected chi connectivity index (χ0v) is 13.1. The molecule has 0 unspecified atom stereocenters. The number of nitrogens with two attached hydrogens (primary N) is 2. The molecule has 0 aliphatic rings. The third-order valence-corrected chi connectivity index (χ3v) is 4.35. The van der Waals surface area contributed by atoms with Crippen molar-refractivity contribution in [3.05, 3.63) is 52.5 Å². The number of hydrogen-bond donors (Lipinski definition) is 3. The fourth-order valence-electron chi connectivity index (χ4n) is 1.62. The minimum atomic E-state index is -3.75. The minimum absolute atomic E-state index is 0.0200. The standard InChI is InChI=1S/C13H12BrN3O3S/c14-11-6-1-8(7-12(11)15)13(18)17-9-2-4-10(5-3-9)21(16,19)20/h1-7H,15H2,(H,17,18)(H2,16,19,20). The normalized spacial score (nSPS) is 11.1. The predicted octanol–water partition coefficient (Wildman–Crippen LogP) is 1.93. The van der Waals surface area contributed by atoms with E-state index in [1.54, 1.807) is 12.1 Å². The number of halogens is 1. The Balaban J connectivity index is 2.18. The molecule has 0 fully saturated rings. The van der Waals surface area contributed by atoms with Crippen molar-refractivity contribution < 1.29 is 13.2 Å². The van der Waals surface area contributed by atoms with Crippen molar-refractivity contribution in [1.82, 2.24) is 0 Å². The largest absolute Gasteiger partial charge is 0.398 e. The summed E-state index contributed by atoms with van der Waals surface area (Å²) in [6.45, 7) is 0. The van der Waals surface area contributed by atoms with Crippen LogP contribution in [0.5, 0.6) is 0 Å². The summed E-state index contributed by atoms with van der Waals surface area (Å²) in [5.74, 6) is -0.349. The van der Waals surface area contributed by atoms with E-state index in [0.29, 0.717) is 21.4 Å². The summed E-state index contributed by atoms with van der Waals surface area (Å²) in [5, 5.41) is 7.63. The second-order valence-corrected chi connectivity index (χ2v) is 6.68. The number of benzene rings is 2. The molecule has 0 saturated heterocycles. The quantitative estimate of drug-likeness (QED) is 0.716. The highest BCUT2D eigenvalue weighted by Crippen LogP contribution is 2.21. The number of carbonyl (C=O) groups excluding carboxylic acids is 1. The highest BCUT2D eigenvalue weighted by molar-refractivity contribution is 9.10. The Bertz CT molecular complexity index is 789. The maximum absolute atomic E-state index is 12.0. The van der Waals surface area contributed by atoms with Crippen LogP contribution < -0.4 is 16.2 Å². The highest BCUT2D eigenvalue weighted by atomic mass is 79.9. The average Bonchev–Trinajstić information content (AvgIpc) is 2.41. The molecule has 0 heterocycles. The van der Waals surface area contributed by atoms with E-state index >= 15 is 0 Å². The van der Waals surface area contributed by atoms with Crippen molar-refractivity contribution in [2.75, 3.05) is 11.1 Å². The van der Waals surface area contributed by atoms with Crippen molar-refractivity contribution in [1.29, 1.82) is 0 Å². The SMILES string of the molecule is Nc1cc(C(=O)Nc2ccc(S(N)(=O)=O)cc2)ccc1Br. The number of amides is 1. The number of nitrogens with one attached hydrogen (secondary N) is 1. The van der Waals surface area contributed by atoms with E-state index in [1.165, 1.54) is 30.3 Å². The van der Waals surface area contributed by atoms with Gasteiger partial charge in [0.25, 0.3) is 5.91 Å². The Hall–Kier alpha value is -1.90. The Labute approximate surface area is 130 Å². The zero-order chi connectivity index (χ0) is 15.6. The molecule has 21 heavy (non-hydrogen) atoms. The van der Waals surface area contributed by atoms with Gasteiger partial charge in [-0.25, -0.2) is 13.6 Å². The fourth-order valence-corrected chi connectivity index (χ4v) is 2.38. The summed E-state index contributed by atoms with van der Waals surface area (Å²) in [6, 6.07) is 10.4. The van der Waals surface area contributed by atoms with Gasteiger partial charge >= 0.3 is 0 Å². The van der Waals surface area contributed by atoms with Crippen LogP contribution in [0.2, 0.25) is 0 Å². The lowest BCUT2D eigenvalue weighted by molar-refractivity contribution is 0.102. The van der Waals surface area contributed by atoms with Gasteiger partial charge in [0.1, 0.15) is 0 Å². The third kappa shape index (κ3) is 3.81. The van der Waals surface area contributed by atoms with E-state index in [4.69, 9.17) is 10.9 Å². The Morgan fingerprint density at radius 3 is 2.24 bits per heavy atom. The molecule has 0 bridgehead atoms. The van der Waals surface area contributed by atoms with Gasteiger partial charge in [0, 0.05) is 21.4 Å². The number of sulfonamides is 1. The lowest BCUT2D eigenvalue weighted by Crippen LogP contribution is -2.14. The summed E-state index contributed by atoms with van der Waals surface area (Å²) in [7, 11) is -3.75. The first-order valence-electron chi connectivity index (χ1n) is 5.76. The van der Waals surface area contributed by atoms with Gasteiger partial charge in [0.15, 0.2) is 0 Å². The van der Waals surface area contributed by atoms with Gasteiger partial charge in [0.05, 0.1) is 4.90 Å². The van der Waals surface area contributed by atoms with Crippen LogP contribution in [0.15, 0.2) is 51.8 Å². The lowest BCUT2D eigenvalue weighted by Gasteiger charge is -2.07. The van der Waals surface area contributed by atoms with Crippen molar-refractivity contribution in [3.8, 4) is 0 Å². The second-order valence-electron chi connectivity index (χ2n) is 4.26. The molecular weight excluding hydrogens is 358 g/mol. The summed E-state index contributed by atoms with van der Waals surface area (Å²) in [5.41, 5.74) is 7.01. The van der Waals surface area contributed by atoms with E-state index in [-0.39, 0.29) is 10.8 Å². The molecule has 110 valence electrons. The van der Waals surface area contributed by atoms with Gasteiger partial charge in [-0.05, 0) is 58.4 Å². The van der Waals surface area contributed by atoms with Crippen LogP contribution in [0.1, 0.15) is 10.4 Å². The van der Waals surface area contributed by atoms with E-state index in [9.17, 15) is 13.2 Å². The summed E-state index contributed by atoms with van der Waals surface area (Å²) in [6.07, 6.45) is 0. The fraction of sp³-hybridized carbons (Fsp3) is 0. The Kier molecular flexibility index (Phi) is 4.31. The van der Waals surface area contributed by atoms with Gasteiger partial charge < -0.3 is 11.1 Å². The van der Waals surface area contributed by atoms with E-state index in [0.717, 1.165) is 0 Å². The third-order valence-electron chi connectivity index (χ3n) is 2.70. The molecule has 0 aromatic heterocycles. The zero-order valence-electron chi connectivity index (χ0n) is 10.7. The summed E-state index contributed by atoms with van der Waals surface area (Å²) >= 11 is 3.25. The van der Waals surface area contributed by atoms with Crippen molar-refractivity contribution in [3.63, 3.8) is 0 Å². The van der Waals surface area contributed by atoms with E-state index in [1.807, 2.05) is 0 Å². The van der Waals surface area contributed by atoms with Gasteiger partial charge in [-0.15, -0.1) is 0 Å². The van der Waals surface area contributed by atoms with Crippen LogP contribution in [-0.4, -0.2) is 14.3 Å². The Morgan fingerprint density at radius 1 is 1.10 bits per heavy atom. The number of carbonyl (C=O) groups is 1. The van der Waals surface area contributed by atoms with Gasteiger partial charge in [0.2, 0.25) is 10.0 Å². The molecule has 2 aromatic rings. The second kappa shape index (κ2) is 5.84. The molecule has 0 saturated carbocycles. The maximum Gasteiger partial charge on any atom is 0.255 e. The van der Waals surface area contributed by atoms with Gasteiger partial charge in [-0.1, -0.05) is 0 Å². The van der Waals surface area contributed by atoms with Gasteiger partial charge in [-0.3, -0.25) is 4.79 Å². The predicted molar refractivity (Wildman–Crippen MR) is 84.3 cm³/mol. The summed E-state index contributed by atoms with van der Waals surface area (Å²) < 4.78 is 23.0. The van der Waals surface area contributed by atoms with Crippen LogP contribution in [0, 0.1) is 0 Å². The molecule has 0 aliphatic heterocycles. The first kappa shape index (κ1) is 15.5. The summed E-state index contributed by atoms with van der Waals surface area (Å²) in [4.78, 5) is 12.0. The number of primary sulfonamides is 1. The van der Waals surface area contributed by atoms with Gasteiger partial charge in [-0.2, -0.15) is 0 Å². The molecule has 6 nitrogen and oxygen atoms in total. The molecule has 0 atom stereocenters. The first-order valence-corrected chi connectivity index (χ1v) is 8.10.